The predicted octanol–water partition coefficient (Wildman–Crippen LogP) is 4.70. The fourth-order valence-corrected chi connectivity index (χ4v) is 5.29. The van der Waals surface area contributed by atoms with Crippen LogP contribution in [0.2, 0.25) is 0 Å². The molecule has 0 N–H and O–H groups in total. The minimum Gasteiger partial charge on any atom is -0.453 e. The minimum absolute atomic E-state index is 0.116. The van der Waals surface area contributed by atoms with E-state index in [0.29, 0.717) is 44.1 Å². The highest BCUT2D eigenvalue weighted by atomic mass is 32.2. The molecule has 0 aliphatic carbocycles. The largest absolute Gasteiger partial charge is 0.453 e. The Morgan fingerprint density at radius 1 is 1.10 bits per heavy atom. The molecule has 0 atom stereocenters. The normalized spacial score (nSPS) is 14.8. The number of thiophene rings is 1. The van der Waals surface area contributed by atoms with Crippen molar-refractivity contribution in [2.75, 3.05) is 33.3 Å². The molecule has 1 aliphatic rings. The van der Waals surface area contributed by atoms with Crippen LogP contribution in [0.25, 0.3) is 11.0 Å². The fraction of sp³-hybridized carbons (Fsp3) is 0.333. The van der Waals surface area contributed by atoms with Crippen LogP contribution in [0.5, 0.6) is 0 Å². The van der Waals surface area contributed by atoms with Crippen LogP contribution < -0.4 is 0 Å². The quantitative estimate of drug-likeness (QED) is 0.562. The molecule has 3 heterocycles. The number of para-hydroxylation sites is 1. The average molecular weight is 431 g/mol. The molecule has 3 aromatic rings. The summed E-state index contributed by atoms with van der Waals surface area (Å²) in [5.41, 5.74) is 1.65. The second-order valence-corrected chi connectivity index (χ2v) is 8.95. The highest BCUT2D eigenvalue weighted by molar-refractivity contribution is 8.00. The van der Waals surface area contributed by atoms with Gasteiger partial charge in [0.15, 0.2) is 5.76 Å². The van der Waals surface area contributed by atoms with Crippen molar-refractivity contribution in [1.29, 1.82) is 0 Å². The van der Waals surface area contributed by atoms with Crippen molar-refractivity contribution >= 4 is 46.1 Å². The molecule has 0 bridgehead atoms. The third-order valence-electron chi connectivity index (χ3n) is 4.96. The van der Waals surface area contributed by atoms with Crippen molar-refractivity contribution in [3.05, 3.63) is 53.1 Å². The Bertz CT molecular complexity index is 999. The van der Waals surface area contributed by atoms with Crippen LogP contribution in [0.15, 0.2) is 50.4 Å². The molecule has 0 spiro atoms. The lowest BCUT2D eigenvalue weighted by Crippen LogP contribution is -2.37. The second-order valence-electron chi connectivity index (χ2n) is 6.73. The summed E-state index contributed by atoms with van der Waals surface area (Å²) in [5, 5.41) is 3.03. The van der Waals surface area contributed by atoms with Crippen molar-refractivity contribution < 1.29 is 18.7 Å². The molecule has 1 aromatic carbocycles. The van der Waals surface area contributed by atoms with Crippen LogP contribution in [-0.2, 0) is 10.5 Å². The van der Waals surface area contributed by atoms with Crippen LogP contribution in [0, 0.1) is 0 Å². The third kappa shape index (κ3) is 4.28. The number of nitrogens with zero attached hydrogens (tertiary/aromatic N) is 2. The van der Waals surface area contributed by atoms with Gasteiger partial charge in [-0.25, -0.2) is 4.79 Å². The van der Waals surface area contributed by atoms with E-state index in [9.17, 15) is 9.59 Å². The lowest BCUT2D eigenvalue weighted by molar-refractivity contribution is 0.0727. The summed E-state index contributed by atoms with van der Waals surface area (Å²) in [4.78, 5) is 28.6. The van der Waals surface area contributed by atoms with Crippen molar-refractivity contribution in [3.8, 4) is 0 Å². The number of furan rings is 1. The number of benzene rings is 1. The van der Waals surface area contributed by atoms with Gasteiger partial charge >= 0.3 is 6.09 Å². The van der Waals surface area contributed by atoms with Crippen LogP contribution >= 0.6 is 23.1 Å². The number of methoxy groups -OCH3 is 1. The van der Waals surface area contributed by atoms with Gasteiger partial charge in [-0.05, 0) is 23.9 Å². The number of thioether (sulfide) groups is 1. The van der Waals surface area contributed by atoms with Gasteiger partial charge in [0.25, 0.3) is 5.91 Å². The van der Waals surface area contributed by atoms with Crippen LogP contribution in [0.1, 0.15) is 22.5 Å². The third-order valence-corrected chi connectivity index (χ3v) is 7.12. The van der Waals surface area contributed by atoms with Gasteiger partial charge in [-0.15, -0.1) is 23.1 Å². The Kier molecular flexibility index (Phi) is 6.10. The Morgan fingerprint density at radius 2 is 1.90 bits per heavy atom. The Hall–Kier alpha value is -2.45. The first-order chi connectivity index (χ1) is 14.2. The SMILES string of the molecule is COC(=O)N1CCCN(C(=O)c2oc3ccccc3c2CSc2cccs2)CC1. The first kappa shape index (κ1) is 19.8. The molecule has 1 saturated heterocycles. The number of hydrogen-bond acceptors (Lipinski definition) is 6. The zero-order chi connectivity index (χ0) is 20.2. The van der Waals surface area contributed by atoms with Crippen molar-refractivity contribution in [3.63, 3.8) is 0 Å². The van der Waals surface area contributed by atoms with E-state index in [1.54, 1.807) is 32.9 Å². The molecular weight excluding hydrogens is 408 g/mol. The Labute approximate surface area is 177 Å². The Balaban J connectivity index is 1.58. The van der Waals surface area contributed by atoms with Crippen LogP contribution in [0.4, 0.5) is 4.79 Å². The van der Waals surface area contributed by atoms with E-state index in [1.807, 2.05) is 35.7 Å². The van der Waals surface area contributed by atoms with Gasteiger partial charge in [-0.2, -0.15) is 0 Å². The number of ether oxygens (including phenoxy) is 1. The van der Waals surface area contributed by atoms with Crippen LogP contribution in [-0.4, -0.2) is 55.1 Å². The smallest absolute Gasteiger partial charge is 0.409 e. The maximum Gasteiger partial charge on any atom is 0.409 e. The van der Waals surface area contributed by atoms with Gasteiger partial charge in [0, 0.05) is 42.9 Å². The summed E-state index contributed by atoms with van der Waals surface area (Å²) >= 11 is 3.40. The molecular formula is C21H22N2O4S2. The van der Waals surface area contributed by atoms with Gasteiger partial charge in [0.1, 0.15) is 5.58 Å². The number of rotatable bonds is 4. The van der Waals surface area contributed by atoms with Crippen LogP contribution in [0.3, 0.4) is 0 Å². The zero-order valence-corrected chi connectivity index (χ0v) is 17.8. The van der Waals surface area contributed by atoms with E-state index in [-0.39, 0.29) is 12.0 Å². The van der Waals surface area contributed by atoms with Gasteiger partial charge in [0.05, 0.1) is 11.3 Å². The summed E-state index contributed by atoms with van der Waals surface area (Å²) in [6.45, 7) is 2.08. The van der Waals surface area contributed by atoms with E-state index in [1.165, 1.54) is 11.3 Å². The summed E-state index contributed by atoms with van der Waals surface area (Å²) < 4.78 is 12.0. The minimum atomic E-state index is -0.351. The lowest BCUT2D eigenvalue weighted by Gasteiger charge is -2.21. The van der Waals surface area contributed by atoms with Crippen molar-refractivity contribution in [2.45, 2.75) is 16.4 Å². The van der Waals surface area contributed by atoms with Gasteiger partial charge in [0.2, 0.25) is 0 Å². The van der Waals surface area contributed by atoms with E-state index in [0.717, 1.165) is 16.5 Å². The van der Waals surface area contributed by atoms with Gasteiger partial charge in [-0.3, -0.25) is 4.79 Å². The first-order valence-corrected chi connectivity index (χ1v) is 11.3. The monoisotopic (exact) mass is 430 g/mol. The summed E-state index contributed by atoms with van der Waals surface area (Å²) in [6, 6.07) is 11.9. The fourth-order valence-electron chi connectivity index (χ4n) is 3.48. The number of fused-ring (bicyclic) bond motifs is 1. The van der Waals surface area contributed by atoms with E-state index in [2.05, 4.69) is 6.07 Å². The number of carbonyl (C=O) groups is 2. The molecule has 8 heteroatoms. The van der Waals surface area contributed by atoms with Crippen molar-refractivity contribution in [1.82, 2.24) is 9.80 Å². The summed E-state index contributed by atoms with van der Waals surface area (Å²) in [6.07, 6.45) is 0.358. The highest BCUT2D eigenvalue weighted by Crippen LogP contribution is 2.34. The molecule has 2 amide bonds. The predicted molar refractivity (Wildman–Crippen MR) is 115 cm³/mol. The highest BCUT2D eigenvalue weighted by Gasteiger charge is 2.28. The summed E-state index contributed by atoms with van der Waals surface area (Å²) in [5.74, 6) is 0.956. The average Bonchev–Trinajstić information content (AvgIpc) is 3.32. The van der Waals surface area contributed by atoms with Gasteiger partial charge in [-0.1, -0.05) is 24.3 Å². The van der Waals surface area contributed by atoms with Crippen molar-refractivity contribution in [2.24, 2.45) is 0 Å². The number of amides is 2. The molecule has 1 aliphatic heterocycles. The maximum absolute atomic E-state index is 13.3. The molecule has 6 nitrogen and oxygen atoms in total. The molecule has 4 rings (SSSR count). The number of carbonyl (C=O) groups excluding carboxylic acids is 2. The molecule has 152 valence electrons. The molecule has 2 aromatic heterocycles. The standard InChI is InChI=1S/C21H22N2O4S2/c1-26-21(25)23-10-5-9-22(11-12-23)20(24)19-16(14-29-18-8-4-13-28-18)15-6-2-3-7-17(15)27-19/h2-4,6-8,13H,5,9-12,14H2,1H3. The molecule has 0 unspecified atom stereocenters. The first-order valence-electron chi connectivity index (χ1n) is 9.46. The topological polar surface area (TPSA) is 63.0 Å². The van der Waals surface area contributed by atoms with E-state index < -0.39 is 0 Å². The van der Waals surface area contributed by atoms with E-state index >= 15 is 0 Å². The Morgan fingerprint density at radius 3 is 2.69 bits per heavy atom. The second kappa shape index (κ2) is 8.92. The van der Waals surface area contributed by atoms with E-state index in [4.69, 9.17) is 9.15 Å². The number of hydrogen-bond donors (Lipinski definition) is 0. The molecule has 1 fully saturated rings. The zero-order valence-electron chi connectivity index (χ0n) is 16.1. The lowest BCUT2D eigenvalue weighted by atomic mass is 10.1. The molecule has 0 radical (unpaired) electrons. The molecule has 29 heavy (non-hydrogen) atoms. The van der Waals surface area contributed by atoms with Gasteiger partial charge < -0.3 is 19.0 Å². The maximum atomic E-state index is 13.3. The molecule has 0 saturated carbocycles. The summed E-state index contributed by atoms with van der Waals surface area (Å²) in [7, 11) is 1.38.